The lowest BCUT2D eigenvalue weighted by molar-refractivity contribution is -0.119. The number of carbonyl (C=O) groups excluding carboxylic acids is 2. The van der Waals surface area contributed by atoms with Gasteiger partial charge in [-0.25, -0.2) is 4.79 Å². The summed E-state index contributed by atoms with van der Waals surface area (Å²) in [6.45, 7) is 6.53. The van der Waals surface area contributed by atoms with Crippen molar-refractivity contribution < 1.29 is 9.59 Å². The molecule has 0 saturated carbocycles. The Bertz CT molecular complexity index is 794. The first-order chi connectivity index (χ1) is 12.5. The van der Waals surface area contributed by atoms with E-state index in [1.54, 1.807) is 4.90 Å². The summed E-state index contributed by atoms with van der Waals surface area (Å²) in [4.78, 5) is 27.1. The summed E-state index contributed by atoms with van der Waals surface area (Å²) in [5, 5.41) is 5.91. The minimum absolute atomic E-state index is 0.126. The van der Waals surface area contributed by atoms with Gasteiger partial charge in [0.05, 0.1) is 0 Å². The second-order valence-electron chi connectivity index (χ2n) is 6.90. The van der Waals surface area contributed by atoms with Crippen molar-refractivity contribution in [2.24, 2.45) is 0 Å². The Hall–Kier alpha value is -2.82. The Kier molecular flexibility index (Phi) is 5.26. The lowest BCUT2D eigenvalue weighted by atomic mass is 10.1. The normalized spacial score (nSPS) is 16.4. The fourth-order valence-corrected chi connectivity index (χ4v) is 3.33. The third-order valence-electron chi connectivity index (χ3n) is 4.85. The van der Waals surface area contributed by atoms with Gasteiger partial charge in [-0.15, -0.1) is 0 Å². The molecular formula is C21H25N3O2. The van der Waals surface area contributed by atoms with Crippen LogP contribution in [0.4, 0.5) is 16.2 Å². The van der Waals surface area contributed by atoms with Crippen LogP contribution in [0.3, 0.4) is 0 Å². The maximum atomic E-state index is 12.8. The fourth-order valence-electron chi connectivity index (χ4n) is 3.33. The molecule has 0 aromatic heterocycles. The minimum Gasteiger partial charge on any atom is -0.324 e. The standard InChI is InChI=1S/C21H25N3O2/c1-14-9-11-17(12-10-14)22-21(26)24-13-5-8-18(24)20(25)23-19-15(2)6-4-7-16(19)3/h4,6-7,9-12,18H,5,8,13H2,1-3H3,(H,22,26)(H,23,25). The van der Waals surface area contributed by atoms with Crippen LogP contribution in [0.25, 0.3) is 0 Å². The number of nitrogens with one attached hydrogen (secondary N) is 2. The largest absolute Gasteiger partial charge is 0.324 e. The third-order valence-corrected chi connectivity index (χ3v) is 4.85. The Morgan fingerprint density at radius 2 is 1.62 bits per heavy atom. The van der Waals surface area contributed by atoms with E-state index in [0.717, 1.165) is 34.5 Å². The van der Waals surface area contributed by atoms with E-state index in [2.05, 4.69) is 10.6 Å². The van der Waals surface area contributed by atoms with Gasteiger partial charge in [0, 0.05) is 17.9 Å². The van der Waals surface area contributed by atoms with Crippen LogP contribution in [-0.4, -0.2) is 29.4 Å². The molecule has 2 aromatic rings. The molecule has 1 atom stereocenters. The van der Waals surface area contributed by atoms with E-state index in [0.29, 0.717) is 13.0 Å². The molecule has 1 aliphatic rings. The molecule has 1 saturated heterocycles. The van der Waals surface area contributed by atoms with Crippen LogP contribution in [0.2, 0.25) is 0 Å². The highest BCUT2D eigenvalue weighted by Crippen LogP contribution is 2.24. The molecule has 0 aliphatic carbocycles. The molecule has 26 heavy (non-hydrogen) atoms. The number of benzene rings is 2. The van der Waals surface area contributed by atoms with E-state index >= 15 is 0 Å². The maximum absolute atomic E-state index is 12.8. The second-order valence-corrected chi connectivity index (χ2v) is 6.90. The zero-order valence-electron chi connectivity index (χ0n) is 15.5. The van der Waals surface area contributed by atoms with Gasteiger partial charge in [0.1, 0.15) is 6.04 Å². The summed E-state index contributed by atoms with van der Waals surface area (Å²) in [7, 11) is 0. The number of likely N-dealkylation sites (tertiary alicyclic amines) is 1. The van der Waals surface area contributed by atoms with Gasteiger partial charge in [0.15, 0.2) is 0 Å². The van der Waals surface area contributed by atoms with Crippen LogP contribution in [-0.2, 0) is 4.79 Å². The fraction of sp³-hybridized carbons (Fsp3) is 0.333. The van der Waals surface area contributed by atoms with Gasteiger partial charge in [-0.3, -0.25) is 4.79 Å². The molecule has 1 fully saturated rings. The van der Waals surface area contributed by atoms with Gasteiger partial charge in [-0.1, -0.05) is 35.9 Å². The molecule has 2 N–H and O–H groups in total. The van der Waals surface area contributed by atoms with Crippen LogP contribution in [0, 0.1) is 20.8 Å². The molecule has 0 bridgehead atoms. The molecule has 3 rings (SSSR count). The van der Waals surface area contributed by atoms with Gasteiger partial charge in [-0.05, 0) is 56.9 Å². The minimum atomic E-state index is -0.445. The highest BCUT2D eigenvalue weighted by Gasteiger charge is 2.34. The van der Waals surface area contributed by atoms with E-state index in [1.165, 1.54) is 0 Å². The predicted octanol–water partition coefficient (Wildman–Crippen LogP) is 4.25. The summed E-state index contributed by atoms with van der Waals surface area (Å²) >= 11 is 0. The maximum Gasteiger partial charge on any atom is 0.322 e. The number of urea groups is 1. The summed E-state index contributed by atoms with van der Waals surface area (Å²) in [5.74, 6) is -0.126. The van der Waals surface area contributed by atoms with Crippen molar-refractivity contribution in [1.29, 1.82) is 0 Å². The number of anilines is 2. The summed E-state index contributed by atoms with van der Waals surface area (Å²) in [5.41, 5.74) is 4.75. The average Bonchev–Trinajstić information content (AvgIpc) is 3.10. The Balaban J connectivity index is 1.70. The van der Waals surface area contributed by atoms with Crippen LogP contribution >= 0.6 is 0 Å². The monoisotopic (exact) mass is 351 g/mol. The Morgan fingerprint density at radius 1 is 0.962 bits per heavy atom. The smallest absolute Gasteiger partial charge is 0.322 e. The second kappa shape index (κ2) is 7.60. The predicted molar refractivity (Wildman–Crippen MR) is 104 cm³/mol. The number of carbonyl (C=O) groups is 2. The van der Waals surface area contributed by atoms with E-state index in [-0.39, 0.29) is 11.9 Å². The summed E-state index contributed by atoms with van der Waals surface area (Å²) in [6.07, 6.45) is 1.50. The summed E-state index contributed by atoms with van der Waals surface area (Å²) in [6, 6.07) is 12.9. The number of para-hydroxylation sites is 1. The van der Waals surface area contributed by atoms with E-state index in [9.17, 15) is 9.59 Å². The highest BCUT2D eigenvalue weighted by molar-refractivity contribution is 6.00. The molecule has 1 aliphatic heterocycles. The van der Waals surface area contributed by atoms with Crippen molar-refractivity contribution in [3.8, 4) is 0 Å². The number of rotatable bonds is 3. The van der Waals surface area contributed by atoms with E-state index < -0.39 is 6.04 Å². The molecule has 1 heterocycles. The van der Waals surface area contributed by atoms with Crippen LogP contribution < -0.4 is 10.6 Å². The topological polar surface area (TPSA) is 61.4 Å². The van der Waals surface area contributed by atoms with E-state index in [1.807, 2.05) is 63.2 Å². The molecule has 136 valence electrons. The zero-order valence-corrected chi connectivity index (χ0v) is 15.5. The lowest BCUT2D eigenvalue weighted by Gasteiger charge is -2.25. The van der Waals surface area contributed by atoms with Gasteiger partial charge in [-0.2, -0.15) is 0 Å². The zero-order chi connectivity index (χ0) is 18.7. The van der Waals surface area contributed by atoms with Crippen molar-refractivity contribution in [3.63, 3.8) is 0 Å². The number of amides is 3. The number of aryl methyl sites for hydroxylation is 3. The van der Waals surface area contributed by atoms with Crippen LogP contribution in [0.15, 0.2) is 42.5 Å². The third kappa shape index (κ3) is 3.87. The molecule has 5 heteroatoms. The molecule has 3 amide bonds. The lowest BCUT2D eigenvalue weighted by Crippen LogP contribution is -2.45. The van der Waals surface area contributed by atoms with Crippen LogP contribution in [0.5, 0.6) is 0 Å². The molecule has 0 radical (unpaired) electrons. The first-order valence-electron chi connectivity index (χ1n) is 8.97. The molecule has 0 spiro atoms. The van der Waals surface area contributed by atoms with Gasteiger partial charge in [0.2, 0.25) is 5.91 Å². The molecule has 5 nitrogen and oxygen atoms in total. The van der Waals surface area contributed by atoms with Crippen molar-refractivity contribution >= 4 is 23.3 Å². The number of hydrogen-bond acceptors (Lipinski definition) is 2. The average molecular weight is 351 g/mol. The van der Waals surface area contributed by atoms with E-state index in [4.69, 9.17) is 0 Å². The molecule has 1 unspecified atom stereocenters. The van der Waals surface area contributed by atoms with Crippen molar-refractivity contribution in [2.45, 2.75) is 39.7 Å². The Labute approximate surface area is 154 Å². The molecular weight excluding hydrogens is 326 g/mol. The Morgan fingerprint density at radius 3 is 2.27 bits per heavy atom. The van der Waals surface area contributed by atoms with Crippen LogP contribution in [0.1, 0.15) is 29.5 Å². The number of nitrogens with zero attached hydrogens (tertiary/aromatic N) is 1. The molecule has 2 aromatic carbocycles. The van der Waals surface area contributed by atoms with Gasteiger partial charge in [0.25, 0.3) is 0 Å². The number of hydrogen-bond donors (Lipinski definition) is 2. The first kappa shape index (κ1) is 18.0. The highest BCUT2D eigenvalue weighted by atomic mass is 16.2. The van der Waals surface area contributed by atoms with Gasteiger partial charge < -0.3 is 15.5 Å². The van der Waals surface area contributed by atoms with Crippen molar-refractivity contribution in [1.82, 2.24) is 4.90 Å². The van der Waals surface area contributed by atoms with Crippen molar-refractivity contribution in [2.75, 3.05) is 17.2 Å². The van der Waals surface area contributed by atoms with Crippen molar-refractivity contribution in [3.05, 3.63) is 59.2 Å². The summed E-state index contributed by atoms with van der Waals surface area (Å²) < 4.78 is 0. The first-order valence-corrected chi connectivity index (χ1v) is 8.97. The quantitative estimate of drug-likeness (QED) is 0.868. The SMILES string of the molecule is Cc1ccc(NC(=O)N2CCCC2C(=O)Nc2c(C)cccc2C)cc1. The van der Waals surface area contributed by atoms with Gasteiger partial charge >= 0.3 is 6.03 Å².